The van der Waals surface area contributed by atoms with Gasteiger partial charge in [-0.05, 0) is 49.2 Å². The van der Waals surface area contributed by atoms with Gasteiger partial charge in [0.1, 0.15) is 0 Å². The minimum atomic E-state index is -5.33. The molecule has 26 heavy (non-hydrogen) atoms. The van der Waals surface area contributed by atoms with E-state index in [1.807, 2.05) is 0 Å². The predicted octanol–water partition coefficient (Wildman–Crippen LogP) is 6.27. The second kappa shape index (κ2) is 7.31. The highest BCUT2D eigenvalue weighted by atomic mass is 19.4. The van der Waals surface area contributed by atoms with E-state index >= 15 is 0 Å². The Kier molecular flexibility index (Phi) is 5.53. The molecule has 8 heteroatoms. The monoisotopic (exact) mass is 372 g/mol. The van der Waals surface area contributed by atoms with Gasteiger partial charge in [-0.25, -0.2) is 9.98 Å². The summed E-state index contributed by atoms with van der Waals surface area (Å²) < 4.78 is 80.1. The third-order valence-electron chi connectivity index (χ3n) is 3.25. The van der Waals surface area contributed by atoms with Gasteiger partial charge in [-0.2, -0.15) is 26.3 Å². The van der Waals surface area contributed by atoms with E-state index in [0.29, 0.717) is 11.1 Å². The third-order valence-corrected chi connectivity index (χ3v) is 3.25. The molecule has 2 rings (SSSR count). The molecule has 0 atom stereocenters. The summed E-state index contributed by atoms with van der Waals surface area (Å²) in [6, 6.07) is 10.9. The van der Waals surface area contributed by atoms with Gasteiger partial charge in [-0.1, -0.05) is 24.3 Å². The lowest BCUT2D eigenvalue weighted by Crippen LogP contribution is -2.40. The number of rotatable bonds is 3. The first-order valence-electron chi connectivity index (χ1n) is 7.42. The summed E-state index contributed by atoms with van der Waals surface area (Å²) in [5.41, 5.74) is -3.51. The number of hydrogen-bond acceptors (Lipinski definition) is 2. The van der Waals surface area contributed by atoms with E-state index < -0.39 is 23.8 Å². The molecule has 2 aromatic carbocycles. The summed E-state index contributed by atoms with van der Waals surface area (Å²) in [5.74, 6) is 0. The van der Waals surface area contributed by atoms with Gasteiger partial charge < -0.3 is 0 Å². The number of aryl methyl sites for hydroxylation is 2. The summed E-state index contributed by atoms with van der Waals surface area (Å²) in [5, 5.41) is 0. The molecule has 0 amide bonds. The topological polar surface area (TPSA) is 24.7 Å². The standard InChI is InChI=1S/C18H14F6N2/c1-11-5-3-7-13(9-11)25-15(17(19,20)21)16(18(22,23)24)26-14-8-4-6-12(2)10-14/h3-10H,1-2H3. The maximum Gasteiger partial charge on any atom is 0.435 e. The van der Waals surface area contributed by atoms with Gasteiger partial charge in [-0.3, -0.25) is 0 Å². The zero-order valence-electron chi connectivity index (χ0n) is 13.8. The van der Waals surface area contributed by atoms with Crippen LogP contribution < -0.4 is 0 Å². The number of alkyl halides is 6. The van der Waals surface area contributed by atoms with Crippen molar-refractivity contribution in [3.8, 4) is 0 Å². The van der Waals surface area contributed by atoms with Crippen LogP contribution in [0.2, 0.25) is 0 Å². The first kappa shape index (κ1) is 19.7. The van der Waals surface area contributed by atoms with Crippen LogP contribution in [0.3, 0.4) is 0 Å². The molecule has 0 heterocycles. The lowest BCUT2D eigenvalue weighted by molar-refractivity contribution is -0.0709. The summed E-state index contributed by atoms with van der Waals surface area (Å²) in [6.07, 6.45) is -10.7. The molecule has 0 aliphatic heterocycles. The van der Waals surface area contributed by atoms with Crippen molar-refractivity contribution >= 4 is 22.8 Å². The van der Waals surface area contributed by atoms with E-state index in [0.717, 1.165) is 0 Å². The smallest absolute Gasteiger partial charge is 0.242 e. The van der Waals surface area contributed by atoms with E-state index in [1.165, 1.54) is 36.4 Å². The molecule has 0 N–H and O–H groups in total. The molecule has 2 aromatic rings. The number of halogens is 6. The minimum Gasteiger partial charge on any atom is -0.242 e. The molecule has 138 valence electrons. The van der Waals surface area contributed by atoms with Gasteiger partial charge in [0.25, 0.3) is 0 Å². The Bertz CT molecular complexity index is 776. The van der Waals surface area contributed by atoms with Crippen LogP contribution >= 0.6 is 0 Å². The highest BCUT2D eigenvalue weighted by Crippen LogP contribution is 2.31. The second-order valence-corrected chi connectivity index (χ2v) is 5.59. The zero-order chi connectivity index (χ0) is 19.5. The summed E-state index contributed by atoms with van der Waals surface area (Å²) in [6.45, 7) is 3.19. The van der Waals surface area contributed by atoms with Crippen LogP contribution in [0.25, 0.3) is 0 Å². The Morgan fingerprint density at radius 2 is 1.00 bits per heavy atom. The molecule has 0 aromatic heterocycles. The molecule has 0 bridgehead atoms. The van der Waals surface area contributed by atoms with E-state index in [-0.39, 0.29) is 11.4 Å². The van der Waals surface area contributed by atoms with Crippen LogP contribution in [0.1, 0.15) is 11.1 Å². The summed E-state index contributed by atoms with van der Waals surface area (Å²) in [4.78, 5) is 6.43. The van der Waals surface area contributed by atoms with E-state index in [1.54, 1.807) is 26.0 Å². The molecule has 0 saturated carbocycles. The van der Waals surface area contributed by atoms with Crippen molar-refractivity contribution in [2.45, 2.75) is 26.2 Å². The van der Waals surface area contributed by atoms with Crippen molar-refractivity contribution in [2.24, 2.45) is 9.98 Å². The molecular formula is C18H14F6N2. The first-order valence-corrected chi connectivity index (χ1v) is 7.42. The minimum absolute atomic E-state index is 0.237. The van der Waals surface area contributed by atoms with Crippen LogP contribution in [0.15, 0.2) is 58.5 Å². The first-order chi connectivity index (χ1) is 12.0. The lowest BCUT2D eigenvalue weighted by atomic mass is 10.1. The van der Waals surface area contributed by atoms with Gasteiger partial charge in [0.05, 0.1) is 11.4 Å². The third kappa shape index (κ3) is 5.18. The Labute approximate surface area is 145 Å². The van der Waals surface area contributed by atoms with Crippen LogP contribution in [-0.2, 0) is 0 Å². The van der Waals surface area contributed by atoms with Crippen LogP contribution in [0.4, 0.5) is 37.7 Å². The van der Waals surface area contributed by atoms with Crippen LogP contribution in [-0.4, -0.2) is 23.8 Å². The predicted molar refractivity (Wildman–Crippen MR) is 88.7 cm³/mol. The van der Waals surface area contributed by atoms with E-state index in [4.69, 9.17) is 0 Å². The fraction of sp³-hybridized carbons (Fsp3) is 0.222. The maximum atomic E-state index is 13.4. The van der Waals surface area contributed by atoms with Crippen LogP contribution in [0, 0.1) is 13.8 Å². The highest BCUT2D eigenvalue weighted by molar-refractivity contribution is 6.47. The molecule has 0 fully saturated rings. The van der Waals surface area contributed by atoms with Crippen molar-refractivity contribution in [3.05, 3.63) is 59.7 Å². The average molecular weight is 372 g/mol. The Morgan fingerprint density at radius 3 is 1.27 bits per heavy atom. The van der Waals surface area contributed by atoms with Gasteiger partial charge in [0, 0.05) is 0 Å². The normalized spacial score (nSPS) is 13.8. The Balaban J connectivity index is 2.68. The molecule has 0 spiro atoms. The quantitative estimate of drug-likeness (QED) is 0.448. The van der Waals surface area contributed by atoms with E-state index in [9.17, 15) is 26.3 Å². The van der Waals surface area contributed by atoms with Crippen molar-refractivity contribution in [1.29, 1.82) is 0 Å². The Morgan fingerprint density at radius 1 is 0.654 bits per heavy atom. The van der Waals surface area contributed by atoms with Gasteiger partial charge in [0.2, 0.25) is 0 Å². The number of hydrogen-bond donors (Lipinski definition) is 0. The fourth-order valence-corrected chi connectivity index (χ4v) is 2.15. The average Bonchev–Trinajstić information content (AvgIpc) is 2.49. The van der Waals surface area contributed by atoms with Crippen molar-refractivity contribution in [2.75, 3.05) is 0 Å². The van der Waals surface area contributed by atoms with Crippen LogP contribution in [0.5, 0.6) is 0 Å². The molecule has 0 unspecified atom stereocenters. The molecule has 2 nitrogen and oxygen atoms in total. The number of aliphatic imine (C=N–C) groups is 2. The van der Waals surface area contributed by atoms with Gasteiger partial charge in [-0.15, -0.1) is 0 Å². The molecule has 0 saturated heterocycles. The second-order valence-electron chi connectivity index (χ2n) is 5.59. The molecule has 0 aliphatic rings. The number of nitrogens with zero attached hydrogens (tertiary/aromatic N) is 2. The fourth-order valence-electron chi connectivity index (χ4n) is 2.15. The SMILES string of the molecule is Cc1cccc(N=C(C(=Nc2cccc(C)c2)C(F)(F)F)C(F)(F)F)c1. The van der Waals surface area contributed by atoms with Crippen molar-refractivity contribution < 1.29 is 26.3 Å². The molecule has 0 radical (unpaired) electrons. The van der Waals surface area contributed by atoms with Gasteiger partial charge >= 0.3 is 12.4 Å². The van der Waals surface area contributed by atoms with Crippen molar-refractivity contribution in [1.82, 2.24) is 0 Å². The lowest BCUT2D eigenvalue weighted by Gasteiger charge is -2.16. The van der Waals surface area contributed by atoms with Gasteiger partial charge in [0.15, 0.2) is 11.4 Å². The maximum absolute atomic E-state index is 13.4. The van der Waals surface area contributed by atoms with E-state index in [2.05, 4.69) is 9.98 Å². The summed E-state index contributed by atoms with van der Waals surface area (Å²) in [7, 11) is 0. The zero-order valence-corrected chi connectivity index (χ0v) is 13.8. The number of benzene rings is 2. The Hall–Kier alpha value is -2.64. The molecule has 0 aliphatic carbocycles. The summed E-state index contributed by atoms with van der Waals surface area (Å²) >= 11 is 0. The largest absolute Gasteiger partial charge is 0.435 e. The molecular weight excluding hydrogens is 358 g/mol. The highest BCUT2D eigenvalue weighted by Gasteiger charge is 2.50. The van der Waals surface area contributed by atoms with Crippen molar-refractivity contribution in [3.63, 3.8) is 0 Å².